The molecule has 1 aliphatic rings. The minimum Gasteiger partial charge on any atom is -0.383 e. The molecule has 206 valence electrons. The molecular weight excluding hydrogens is 527 g/mol. The van der Waals surface area contributed by atoms with Crippen LogP contribution < -0.4 is 21.6 Å². The Morgan fingerprint density at radius 1 is 1.21 bits per heavy atom. The van der Waals surface area contributed by atoms with Gasteiger partial charge in [-0.15, -0.1) is 12.0 Å². The van der Waals surface area contributed by atoms with Gasteiger partial charge >= 0.3 is 0 Å². The van der Waals surface area contributed by atoms with E-state index in [2.05, 4.69) is 58.3 Å². The fourth-order valence-electron chi connectivity index (χ4n) is 4.23. The third-order valence-corrected chi connectivity index (χ3v) is 6.28. The van der Waals surface area contributed by atoms with Crippen molar-refractivity contribution < 1.29 is 13.2 Å². The topological polar surface area (TPSA) is 77.1 Å². The minimum atomic E-state index is -2.93. The van der Waals surface area contributed by atoms with Crippen LogP contribution in [0.4, 0.5) is 24.5 Å². The predicted molar refractivity (Wildman–Crippen MR) is 150 cm³/mol. The van der Waals surface area contributed by atoms with Gasteiger partial charge in [-0.05, 0) is 30.5 Å². The van der Waals surface area contributed by atoms with Crippen LogP contribution in [0.5, 0.6) is 0 Å². The van der Waals surface area contributed by atoms with E-state index in [-0.39, 0.29) is 5.41 Å². The number of fused-ring (bicyclic) bond motifs is 1. The molecule has 0 radical (unpaired) electrons. The second-order valence-electron chi connectivity index (χ2n) is 10.9. The first-order valence-corrected chi connectivity index (χ1v) is 12.7. The predicted octanol–water partition coefficient (Wildman–Crippen LogP) is 6.14. The SMILES string of the molecule is C#Cc1cnc2c(Cl)cc(N[C@H](C3=CN(CC(C)(F)F)NN3)c3ccc(F)nc3C)cc2c1NCC(C)(C)C. The number of aromatic nitrogens is 2. The first-order valence-electron chi connectivity index (χ1n) is 12.3. The van der Waals surface area contributed by atoms with Gasteiger partial charge in [-0.3, -0.25) is 9.99 Å². The summed E-state index contributed by atoms with van der Waals surface area (Å²) in [5, 5.41) is 9.23. The molecule has 0 unspecified atom stereocenters. The number of hydrazine groups is 2. The average molecular weight is 558 g/mol. The van der Waals surface area contributed by atoms with Crippen molar-refractivity contribution in [1.29, 1.82) is 0 Å². The summed E-state index contributed by atoms with van der Waals surface area (Å²) in [5.74, 6) is -0.866. The van der Waals surface area contributed by atoms with Crippen molar-refractivity contribution in [2.24, 2.45) is 5.41 Å². The van der Waals surface area contributed by atoms with Crippen molar-refractivity contribution in [2.45, 2.75) is 46.6 Å². The van der Waals surface area contributed by atoms with E-state index < -0.39 is 24.5 Å². The third-order valence-electron chi connectivity index (χ3n) is 5.99. The quantitative estimate of drug-likeness (QED) is 0.196. The van der Waals surface area contributed by atoms with E-state index in [4.69, 9.17) is 18.0 Å². The molecule has 0 amide bonds. The van der Waals surface area contributed by atoms with Crippen molar-refractivity contribution >= 4 is 33.9 Å². The van der Waals surface area contributed by atoms with Gasteiger partial charge in [0.1, 0.15) is 0 Å². The Hall–Kier alpha value is -3.68. The fraction of sp³-hybridized carbons (Fsp3) is 0.357. The zero-order valence-electron chi connectivity index (χ0n) is 22.4. The van der Waals surface area contributed by atoms with Gasteiger partial charge in [0.25, 0.3) is 5.92 Å². The number of hydrogen-bond acceptors (Lipinski definition) is 7. The average Bonchev–Trinajstić information content (AvgIpc) is 3.27. The molecule has 11 heteroatoms. The molecule has 4 rings (SSSR count). The lowest BCUT2D eigenvalue weighted by molar-refractivity contribution is -0.0136. The number of rotatable bonds is 8. The van der Waals surface area contributed by atoms with Crippen LogP contribution in [0.3, 0.4) is 0 Å². The summed E-state index contributed by atoms with van der Waals surface area (Å²) < 4.78 is 41.2. The highest BCUT2D eigenvalue weighted by Crippen LogP contribution is 2.36. The maximum atomic E-state index is 13.8. The number of pyridine rings is 2. The Bertz CT molecular complexity index is 1450. The molecule has 0 saturated carbocycles. The lowest BCUT2D eigenvalue weighted by atomic mass is 9.96. The summed E-state index contributed by atoms with van der Waals surface area (Å²) in [4.78, 5) is 8.43. The molecular formula is C28H31ClF3N7. The molecule has 3 aromatic rings. The molecule has 7 nitrogen and oxygen atoms in total. The highest BCUT2D eigenvalue weighted by molar-refractivity contribution is 6.35. The van der Waals surface area contributed by atoms with Gasteiger partial charge in [0.2, 0.25) is 5.95 Å². The lowest BCUT2D eigenvalue weighted by Crippen LogP contribution is -2.42. The van der Waals surface area contributed by atoms with E-state index in [9.17, 15) is 13.2 Å². The second-order valence-corrected chi connectivity index (χ2v) is 11.3. The van der Waals surface area contributed by atoms with Crippen molar-refractivity contribution in [1.82, 2.24) is 25.9 Å². The maximum absolute atomic E-state index is 13.8. The second kappa shape index (κ2) is 10.8. The van der Waals surface area contributed by atoms with E-state index >= 15 is 0 Å². The zero-order valence-corrected chi connectivity index (χ0v) is 23.1. The number of benzene rings is 1. The van der Waals surface area contributed by atoms with E-state index in [1.807, 2.05) is 6.07 Å². The fourth-order valence-corrected chi connectivity index (χ4v) is 4.50. The minimum absolute atomic E-state index is 0.0197. The monoisotopic (exact) mass is 557 g/mol. The first kappa shape index (κ1) is 28.3. The lowest BCUT2D eigenvalue weighted by Gasteiger charge is -2.24. The summed E-state index contributed by atoms with van der Waals surface area (Å²) >= 11 is 6.68. The molecule has 0 saturated heterocycles. The van der Waals surface area contributed by atoms with Crippen LogP contribution >= 0.6 is 11.6 Å². The number of nitrogens with one attached hydrogen (secondary N) is 4. The van der Waals surface area contributed by atoms with Crippen molar-refractivity contribution in [3.05, 3.63) is 70.2 Å². The molecule has 0 bridgehead atoms. The van der Waals surface area contributed by atoms with Gasteiger partial charge in [-0.25, -0.2) is 13.8 Å². The summed E-state index contributed by atoms with van der Waals surface area (Å²) in [7, 11) is 0. The van der Waals surface area contributed by atoms with Crippen LogP contribution in [0.1, 0.15) is 50.6 Å². The first-order chi connectivity index (χ1) is 18.2. The number of anilines is 2. The number of terminal acetylenes is 1. The van der Waals surface area contributed by atoms with Crippen molar-refractivity contribution in [2.75, 3.05) is 23.7 Å². The van der Waals surface area contributed by atoms with Gasteiger partial charge in [0, 0.05) is 48.2 Å². The van der Waals surface area contributed by atoms with Crippen molar-refractivity contribution in [3.63, 3.8) is 0 Å². The molecule has 4 N–H and O–H groups in total. The Kier molecular flexibility index (Phi) is 7.87. The normalized spacial score (nSPS) is 14.6. The number of aryl methyl sites for hydroxylation is 1. The van der Waals surface area contributed by atoms with Gasteiger partial charge in [-0.1, -0.05) is 44.4 Å². The Morgan fingerprint density at radius 2 is 1.95 bits per heavy atom. The van der Waals surface area contributed by atoms with Crippen LogP contribution in [-0.2, 0) is 0 Å². The molecule has 0 aliphatic carbocycles. The van der Waals surface area contributed by atoms with Crippen LogP contribution in [-0.4, -0.2) is 34.0 Å². The molecule has 2 aromatic heterocycles. The van der Waals surface area contributed by atoms with Gasteiger partial charge < -0.3 is 16.1 Å². The van der Waals surface area contributed by atoms with Crippen LogP contribution in [0.15, 0.2) is 42.4 Å². The van der Waals surface area contributed by atoms with E-state index in [1.165, 1.54) is 17.3 Å². The molecule has 3 heterocycles. The van der Waals surface area contributed by atoms with Crippen LogP contribution in [0.2, 0.25) is 5.02 Å². The maximum Gasteiger partial charge on any atom is 0.264 e. The van der Waals surface area contributed by atoms with Crippen LogP contribution in [0, 0.1) is 30.6 Å². The van der Waals surface area contributed by atoms with Gasteiger partial charge in [0.05, 0.1) is 40.1 Å². The number of hydrogen-bond donors (Lipinski definition) is 4. The summed E-state index contributed by atoms with van der Waals surface area (Å²) in [6, 6.07) is 5.83. The summed E-state index contributed by atoms with van der Waals surface area (Å²) in [5.41, 5.74) is 9.76. The molecule has 0 spiro atoms. The van der Waals surface area contributed by atoms with E-state index in [1.54, 1.807) is 25.3 Å². The Morgan fingerprint density at radius 3 is 2.59 bits per heavy atom. The van der Waals surface area contributed by atoms with Gasteiger partial charge in [0.15, 0.2) is 0 Å². The third kappa shape index (κ3) is 6.85. The van der Waals surface area contributed by atoms with Gasteiger partial charge in [-0.2, -0.15) is 4.39 Å². The smallest absolute Gasteiger partial charge is 0.264 e. The molecule has 1 aliphatic heterocycles. The number of halogens is 4. The highest BCUT2D eigenvalue weighted by Gasteiger charge is 2.30. The Labute approximate surface area is 231 Å². The summed E-state index contributed by atoms with van der Waals surface area (Å²) in [6.45, 7) is 8.94. The molecule has 1 atom stereocenters. The van der Waals surface area contributed by atoms with E-state index in [0.717, 1.165) is 18.0 Å². The zero-order chi connectivity index (χ0) is 28.5. The highest BCUT2D eigenvalue weighted by atomic mass is 35.5. The Balaban J connectivity index is 1.79. The standard InChI is InChI=1S/C28H31ClF3N7/c1-7-17-12-33-25-20(24(17)34-14-27(3,4)5)10-18(11-21(25)29)36-26(19-8-9-23(30)35-16(19)2)22-13-39(38-37-22)15-28(6,31)32/h1,8-13,26,36-38H,14-15H2,2-6H3,(H,33,34)/t26-/m0/s1. The van der Waals surface area contributed by atoms with Crippen LogP contribution in [0.25, 0.3) is 10.9 Å². The number of nitrogens with zero attached hydrogens (tertiary/aromatic N) is 3. The molecule has 39 heavy (non-hydrogen) atoms. The number of alkyl halides is 2. The summed E-state index contributed by atoms with van der Waals surface area (Å²) in [6.07, 6.45) is 8.93. The molecule has 0 fully saturated rings. The van der Waals surface area contributed by atoms with Crippen molar-refractivity contribution in [3.8, 4) is 12.3 Å². The largest absolute Gasteiger partial charge is 0.383 e. The van der Waals surface area contributed by atoms with E-state index in [0.29, 0.717) is 45.3 Å². The molecule has 1 aromatic carbocycles.